The van der Waals surface area contributed by atoms with Gasteiger partial charge in [0, 0.05) is 12.6 Å². The van der Waals surface area contributed by atoms with E-state index in [1.807, 2.05) is 12.1 Å². The summed E-state index contributed by atoms with van der Waals surface area (Å²) in [4.78, 5) is 0. The van der Waals surface area contributed by atoms with Crippen molar-refractivity contribution < 1.29 is 9.15 Å². The Morgan fingerprint density at radius 3 is 3.06 bits per heavy atom. The summed E-state index contributed by atoms with van der Waals surface area (Å²) in [5.74, 6) is 3.53. The molecule has 0 unspecified atom stereocenters. The van der Waals surface area contributed by atoms with Gasteiger partial charge in [-0.2, -0.15) is 11.8 Å². The molecule has 0 aromatic carbocycles. The maximum Gasteiger partial charge on any atom is 0.129 e. The van der Waals surface area contributed by atoms with Crippen molar-refractivity contribution in [3.05, 3.63) is 24.2 Å². The topological polar surface area (TPSA) is 34.4 Å². The van der Waals surface area contributed by atoms with E-state index in [0.717, 1.165) is 31.4 Å². The number of hydrogen-bond acceptors (Lipinski definition) is 4. The van der Waals surface area contributed by atoms with Crippen LogP contribution in [0.1, 0.15) is 25.0 Å². The first-order valence-electron chi connectivity index (χ1n) is 6.36. The lowest BCUT2D eigenvalue weighted by Gasteiger charge is -2.22. The zero-order valence-electron chi connectivity index (χ0n) is 10.2. The molecule has 0 saturated carbocycles. The first-order chi connectivity index (χ1) is 8.45. The molecule has 2 heterocycles. The Hall–Kier alpha value is -0.450. The van der Waals surface area contributed by atoms with Crippen molar-refractivity contribution in [2.24, 2.45) is 0 Å². The van der Waals surface area contributed by atoms with E-state index in [1.165, 1.54) is 24.3 Å². The van der Waals surface area contributed by atoms with Crippen LogP contribution in [0, 0.1) is 0 Å². The molecule has 96 valence electrons. The van der Waals surface area contributed by atoms with Crippen LogP contribution in [0.3, 0.4) is 0 Å². The summed E-state index contributed by atoms with van der Waals surface area (Å²) in [5, 5.41) is 3.60. The SMILES string of the molecule is c1coc(COCCCNC2CCSCC2)c1. The Labute approximate surface area is 107 Å². The molecule has 1 aromatic rings. The number of rotatable bonds is 7. The fourth-order valence-corrected chi connectivity index (χ4v) is 3.06. The lowest BCUT2D eigenvalue weighted by molar-refractivity contribution is 0.103. The first kappa shape index (κ1) is 13.0. The van der Waals surface area contributed by atoms with E-state index in [1.54, 1.807) is 6.26 Å². The Kier molecular flexibility index (Phi) is 5.96. The molecule has 0 amide bonds. The molecule has 1 aliphatic rings. The van der Waals surface area contributed by atoms with Gasteiger partial charge in [0.15, 0.2) is 0 Å². The van der Waals surface area contributed by atoms with Gasteiger partial charge in [0.2, 0.25) is 0 Å². The predicted molar refractivity (Wildman–Crippen MR) is 71.3 cm³/mol. The largest absolute Gasteiger partial charge is 0.467 e. The lowest BCUT2D eigenvalue weighted by Crippen LogP contribution is -2.33. The van der Waals surface area contributed by atoms with Gasteiger partial charge in [-0.25, -0.2) is 0 Å². The molecular weight excluding hydrogens is 234 g/mol. The molecular formula is C13H21NO2S. The van der Waals surface area contributed by atoms with E-state index < -0.39 is 0 Å². The van der Waals surface area contributed by atoms with Gasteiger partial charge in [-0.1, -0.05) is 0 Å². The number of hydrogen-bond donors (Lipinski definition) is 1. The molecule has 0 aliphatic carbocycles. The van der Waals surface area contributed by atoms with E-state index >= 15 is 0 Å². The monoisotopic (exact) mass is 255 g/mol. The van der Waals surface area contributed by atoms with Crippen molar-refractivity contribution in [2.45, 2.75) is 31.9 Å². The smallest absolute Gasteiger partial charge is 0.129 e. The third-order valence-electron chi connectivity index (χ3n) is 2.94. The summed E-state index contributed by atoms with van der Waals surface area (Å²) in [5.41, 5.74) is 0. The quantitative estimate of drug-likeness (QED) is 0.760. The van der Waals surface area contributed by atoms with Crippen molar-refractivity contribution in [1.82, 2.24) is 5.32 Å². The standard InChI is InChI=1S/C13H21NO2S/c1-3-13(16-8-1)11-15-7-2-6-14-12-4-9-17-10-5-12/h1,3,8,12,14H,2,4-7,9-11H2. The average molecular weight is 255 g/mol. The highest BCUT2D eigenvalue weighted by Gasteiger charge is 2.11. The van der Waals surface area contributed by atoms with E-state index in [9.17, 15) is 0 Å². The zero-order valence-corrected chi connectivity index (χ0v) is 11.0. The fourth-order valence-electron chi connectivity index (χ4n) is 1.95. The minimum atomic E-state index is 0.590. The molecule has 1 aromatic heterocycles. The van der Waals surface area contributed by atoms with Crippen LogP contribution in [0.2, 0.25) is 0 Å². The minimum Gasteiger partial charge on any atom is -0.467 e. The Balaban J connectivity index is 1.43. The van der Waals surface area contributed by atoms with Crippen molar-refractivity contribution >= 4 is 11.8 Å². The third-order valence-corrected chi connectivity index (χ3v) is 3.99. The van der Waals surface area contributed by atoms with Gasteiger partial charge in [0.25, 0.3) is 0 Å². The molecule has 1 saturated heterocycles. The van der Waals surface area contributed by atoms with E-state index in [0.29, 0.717) is 6.61 Å². The molecule has 1 N–H and O–H groups in total. The van der Waals surface area contributed by atoms with E-state index in [4.69, 9.17) is 9.15 Å². The van der Waals surface area contributed by atoms with Crippen molar-refractivity contribution in [2.75, 3.05) is 24.7 Å². The Morgan fingerprint density at radius 2 is 2.29 bits per heavy atom. The molecule has 4 heteroatoms. The normalized spacial score (nSPS) is 17.4. The van der Waals surface area contributed by atoms with Gasteiger partial charge in [-0.15, -0.1) is 0 Å². The summed E-state index contributed by atoms with van der Waals surface area (Å²) in [6.45, 7) is 2.45. The summed E-state index contributed by atoms with van der Waals surface area (Å²) in [7, 11) is 0. The summed E-state index contributed by atoms with van der Waals surface area (Å²) in [6.07, 6.45) is 5.39. The number of thioether (sulfide) groups is 1. The second kappa shape index (κ2) is 7.80. The number of ether oxygens (including phenoxy) is 1. The summed E-state index contributed by atoms with van der Waals surface area (Å²) >= 11 is 2.07. The maximum atomic E-state index is 5.53. The van der Waals surface area contributed by atoms with Crippen LogP contribution in [0.25, 0.3) is 0 Å². The Morgan fingerprint density at radius 1 is 1.41 bits per heavy atom. The van der Waals surface area contributed by atoms with Gasteiger partial charge >= 0.3 is 0 Å². The summed E-state index contributed by atoms with van der Waals surface area (Å²) < 4.78 is 10.7. The van der Waals surface area contributed by atoms with Gasteiger partial charge < -0.3 is 14.5 Å². The first-order valence-corrected chi connectivity index (χ1v) is 7.52. The van der Waals surface area contributed by atoms with Crippen molar-refractivity contribution in [1.29, 1.82) is 0 Å². The summed E-state index contributed by atoms with van der Waals surface area (Å²) in [6, 6.07) is 4.57. The van der Waals surface area contributed by atoms with E-state index in [-0.39, 0.29) is 0 Å². The highest BCUT2D eigenvalue weighted by molar-refractivity contribution is 7.99. The predicted octanol–water partition coefficient (Wildman–Crippen LogP) is 2.67. The Bertz CT molecular complexity index is 284. The van der Waals surface area contributed by atoms with Gasteiger partial charge in [-0.05, 0) is 49.4 Å². The lowest BCUT2D eigenvalue weighted by atomic mass is 10.1. The highest BCUT2D eigenvalue weighted by Crippen LogP contribution is 2.16. The third kappa shape index (κ3) is 5.15. The molecule has 0 atom stereocenters. The van der Waals surface area contributed by atoms with Gasteiger partial charge in [0.05, 0.1) is 6.26 Å². The molecule has 1 fully saturated rings. The minimum absolute atomic E-state index is 0.590. The van der Waals surface area contributed by atoms with Crippen LogP contribution < -0.4 is 5.32 Å². The van der Waals surface area contributed by atoms with Crippen LogP contribution in [0.15, 0.2) is 22.8 Å². The fraction of sp³-hybridized carbons (Fsp3) is 0.692. The average Bonchev–Trinajstić information content (AvgIpc) is 2.88. The molecule has 3 nitrogen and oxygen atoms in total. The van der Waals surface area contributed by atoms with E-state index in [2.05, 4.69) is 17.1 Å². The van der Waals surface area contributed by atoms with Crippen molar-refractivity contribution in [3.63, 3.8) is 0 Å². The molecule has 1 aliphatic heterocycles. The zero-order chi connectivity index (χ0) is 11.8. The number of furan rings is 1. The van der Waals surface area contributed by atoms with Gasteiger partial charge in [-0.3, -0.25) is 0 Å². The van der Waals surface area contributed by atoms with Crippen LogP contribution in [-0.4, -0.2) is 30.7 Å². The van der Waals surface area contributed by atoms with Crippen LogP contribution in [-0.2, 0) is 11.3 Å². The van der Waals surface area contributed by atoms with Crippen LogP contribution in [0.5, 0.6) is 0 Å². The van der Waals surface area contributed by atoms with Crippen molar-refractivity contribution in [3.8, 4) is 0 Å². The highest BCUT2D eigenvalue weighted by atomic mass is 32.2. The van der Waals surface area contributed by atoms with Crippen LogP contribution >= 0.6 is 11.8 Å². The van der Waals surface area contributed by atoms with Gasteiger partial charge in [0.1, 0.15) is 12.4 Å². The molecule has 0 radical (unpaired) electrons. The number of nitrogens with one attached hydrogen (secondary N) is 1. The second-order valence-electron chi connectivity index (χ2n) is 4.33. The van der Waals surface area contributed by atoms with Crippen LogP contribution in [0.4, 0.5) is 0 Å². The molecule has 0 spiro atoms. The maximum absolute atomic E-state index is 5.53. The molecule has 17 heavy (non-hydrogen) atoms. The second-order valence-corrected chi connectivity index (χ2v) is 5.55. The molecule has 0 bridgehead atoms. The molecule has 2 rings (SSSR count).